The Bertz CT molecular complexity index is 280. The van der Waals surface area contributed by atoms with Gasteiger partial charge in [0.05, 0.1) is 0 Å². The molecule has 0 fully saturated rings. The van der Waals surface area contributed by atoms with E-state index in [1.165, 1.54) is 4.88 Å². The van der Waals surface area contributed by atoms with Crippen LogP contribution < -0.4 is 0 Å². The van der Waals surface area contributed by atoms with E-state index < -0.39 is 0 Å². The summed E-state index contributed by atoms with van der Waals surface area (Å²) >= 11 is 1.82. The maximum absolute atomic E-state index is 9.36. The van der Waals surface area contributed by atoms with Gasteiger partial charge in [0, 0.05) is 30.0 Å². The number of aliphatic hydroxyl groups excluding tert-OH is 1. The molecule has 0 amide bonds. The largest absolute Gasteiger partial charge is 0.396 e. The van der Waals surface area contributed by atoms with E-state index in [0.29, 0.717) is 0 Å². The molecule has 1 heterocycles. The summed E-state index contributed by atoms with van der Waals surface area (Å²) in [7, 11) is 2.14. The molecule has 92 valence electrons. The number of thiophene rings is 1. The number of aliphatic hydroxyl groups is 1. The third-order valence-corrected chi connectivity index (χ3v) is 4.14. The van der Waals surface area contributed by atoms with Gasteiger partial charge in [0.25, 0.3) is 0 Å². The van der Waals surface area contributed by atoms with Gasteiger partial charge in [0.2, 0.25) is 0 Å². The zero-order valence-electron chi connectivity index (χ0n) is 10.6. The van der Waals surface area contributed by atoms with E-state index >= 15 is 0 Å². The van der Waals surface area contributed by atoms with E-state index in [2.05, 4.69) is 43.3 Å². The van der Waals surface area contributed by atoms with Crippen LogP contribution in [0.1, 0.15) is 25.1 Å². The molecule has 1 rings (SSSR count). The molecular formula is C13H23NOS. The highest BCUT2D eigenvalue weighted by atomic mass is 32.1. The fourth-order valence-corrected chi connectivity index (χ4v) is 2.46. The minimum absolute atomic E-state index is 0.0458. The van der Waals surface area contributed by atoms with Crippen LogP contribution in [0.15, 0.2) is 17.5 Å². The standard InChI is InChI=1S/C13H23NOS/c1-4-13(2,11-15)10-14(3)8-7-12-6-5-9-16-12/h5-6,9,15H,4,7-8,10-11H2,1-3H3. The van der Waals surface area contributed by atoms with Crippen molar-refractivity contribution >= 4 is 11.3 Å². The van der Waals surface area contributed by atoms with Crippen molar-refractivity contribution in [2.75, 3.05) is 26.7 Å². The second-order valence-electron chi connectivity index (χ2n) is 4.89. The van der Waals surface area contributed by atoms with Crippen LogP contribution in [0.25, 0.3) is 0 Å². The lowest BCUT2D eigenvalue weighted by molar-refractivity contribution is 0.0961. The quantitative estimate of drug-likeness (QED) is 0.793. The zero-order chi connectivity index (χ0) is 12.0. The Kier molecular flexibility index (Phi) is 5.46. The van der Waals surface area contributed by atoms with Crippen LogP contribution in [0, 0.1) is 5.41 Å². The summed E-state index contributed by atoms with van der Waals surface area (Å²) in [6, 6.07) is 4.29. The Labute approximate surface area is 103 Å². The monoisotopic (exact) mass is 241 g/mol. The molecule has 1 aromatic heterocycles. The van der Waals surface area contributed by atoms with Gasteiger partial charge in [-0.05, 0) is 31.3 Å². The van der Waals surface area contributed by atoms with Crippen molar-refractivity contribution in [3.63, 3.8) is 0 Å². The van der Waals surface area contributed by atoms with E-state index in [1.807, 2.05) is 11.3 Å². The summed E-state index contributed by atoms with van der Waals surface area (Å²) < 4.78 is 0. The highest BCUT2D eigenvalue weighted by Crippen LogP contribution is 2.21. The minimum Gasteiger partial charge on any atom is -0.396 e. The highest BCUT2D eigenvalue weighted by Gasteiger charge is 2.22. The highest BCUT2D eigenvalue weighted by molar-refractivity contribution is 7.09. The number of hydrogen-bond acceptors (Lipinski definition) is 3. The molecule has 0 radical (unpaired) electrons. The number of likely N-dealkylation sites (N-methyl/N-ethyl adjacent to an activating group) is 1. The van der Waals surface area contributed by atoms with Gasteiger partial charge in [-0.2, -0.15) is 0 Å². The molecule has 1 atom stereocenters. The molecule has 3 heteroatoms. The van der Waals surface area contributed by atoms with Crippen molar-refractivity contribution in [2.45, 2.75) is 26.7 Å². The average molecular weight is 241 g/mol. The van der Waals surface area contributed by atoms with Crippen LogP contribution in [-0.4, -0.2) is 36.8 Å². The maximum atomic E-state index is 9.36. The zero-order valence-corrected chi connectivity index (χ0v) is 11.4. The molecule has 0 aliphatic carbocycles. The fourth-order valence-electron chi connectivity index (χ4n) is 1.76. The van der Waals surface area contributed by atoms with Crippen molar-refractivity contribution < 1.29 is 5.11 Å². The predicted molar refractivity (Wildman–Crippen MR) is 71.0 cm³/mol. The fraction of sp³-hybridized carbons (Fsp3) is 0.692. The molecule has 1 N–H and O–H groups in total. The normalized spacial score (nSPS) is 15.3. The molecule has 2 nitrogen and oxygen atoms in total. The molecule has 1 aromatic rings. The summed E-state index contributed by atoms with van der Waals surface area (Å²) in [6.45, 7) is 6.59. The van der Waals surface area contributed by atoms with E-state index in [4.69, 9.17) is 0 Å². The Balaban J connectivity index is 2.32. The van der Waals surface area contributed by atoms with Crippen LogP contribution in [0.2, 0.25) is 0 Å². The van der Waals surface area contributed by atoms with Crippen LogP contribution in [-0.2, 0) is 6.42 Å². The van der Waals surface area contributed by atoms with E-state index in [9.17, 15) is 5.11 Å². The molecule has 0 saturated carbocycles. The molecule has 16 heavy (non-hydrogen) atoms. The smallest absolute Gasteiger partial charge is 0.0496 e. The summed E-state index contributed by atoms with van der Waals surface area (Å²) in [4.78, 5) is 3.76. The van der Waals surface area contributed by atoms with Gasteiger partial charge in [0.1, 0.15) is 0 Å². The first-order valence-electron chi connectivity index (χ1n) is 5.91. The van der Waals surface area contributed by atoms with Crippen molar-refractivity contribution in [3.05, 3.63) is 22.4 Å². The van der Waals surface area contributed by atoms with Crippen molar-refractivity contribution in [2.24, 2.45) is 5.41 Å². The van der Waals surface area contributed by atoms with E-state index in [-0.39, 0.29) is 12.0 Å². The maximum Gasteiger partial charge on any atom is 0.0496 e. The second kappa shape index (κ2) is 6.38. The Morgan fingerprint density at radius 1 is 1.50 bits per heavy atom. The lowest BCUT2D eigenvalue weighted by atomic mass is 9.88. The van der Waals surface area contributed by atoms with Crippen LogP contribution in [0.5, 0.6) is 0 Å². The number of hydrogen-bond donors (Lipinski definition) is 1. The van der Waals surface area contributed by atoms with Gasteiger partial charge in [-0.25, -0.2) is 0 Å². The summed E-state index contributed by atoms with van der Waals surface area (Å²) in [5.41, 5.74) is 0.0458. The average Bonchev–Trinajstić information content (AvgIpc) is 2.79. The first kappa shape index (κ1) is 13.7. The second-order valence-corrected chi connectivity index (χ2v) is 5.92. The Hall–Kier alpha value is -0.380. The summed E-state index contributed by atoms with van der Waals surface area (Å²) in [5.74, 6) is 0. The molecule has 0 bridgehead atoms. The first-order valence-corrected chi connectivity index (χ1v) is 6.79. The summed E-state index contributed by atoms with van der Waals surface area (Å²) in [6.07, 6.45) is 2.13. The van der Waals surface area contributed by atoms with Gasteiger partial charge in [-0.15, -0.1) is 11.3 Å². The number of rotatable bonds is 7. The molecule has 1 unspecified atom stereocenters. The first-order chi connectivity index (χ1) is 7.59. The Morgan fingerprint density at radius 2 is 2.25 bits per heavy atom. The lowest BCUT2D eigenvalue weighted by Crippen LogP contribution is -2.36. The molecule has 0 saturated heterocycles. The third-order valence-electron chi connectivity index (χ3n) is 3.21. The van der Waals surface area contributed by atoms with Gasteiger partial charge in [-0.3, -0.25) is 0 Å². The molecule has 0 aliphatic rings. The van der Waals surface area contributed by atoms with Crippen molar-refractivity contribution in [1.82, 2.24) is 4.90 Å². The SMILES string of the molecule is CCC(C)(CO)CN(C)CCc1cccs1. The third kappa shape index (κ3) is 4.24. The molecule has 0 spiro atoms. The van der Waals surface area contributed by atoms with Crippen LogP contribution in [0.4, 0.5) is 0 Å². The van der Waals surface area contributed by atoms with Gasteiger partial charge < -0.3 is 10.0 Å². The lowest BCUT2D eigenvalue weighted by Gasteiger charge is -2.31. The molecule has 0 aliphatic heterocycles. The number of nitrogens with zero attached hydrogens (tertiary/aromatic N) is 1. The molecule has 0 aromatic carbocycles. The van der Waals surface area contributed by atoms with Gasteiger partial charge >= 0.3 is 0 Å². The molecular weight excluding hydrogens is 218 g/mol. The van der Waals surface area contributed by atoms with Gasteiger partial charge in [-0.1, -0.05) is 19.9 Å². The predicted octanol–water partition coefficient (Wildman–Crippen LogP) is 2.63. The van der Waals surface area contributed by atoms with Gasteiger partial charge in [0.15, 0.2) is 0 Å². The van der Waals surface area contributed by atoms with Crippen molar-refractivity contribution in [3.8, 4) is 0 Å². The van der Waals surface area contributed by atoms with Crippen molar-refractivity contribution in [1.29, 1.82) is 0 Å². The van der Waals surface area contributed by atoms with Crippen LogP contribution in [0.3, 0.4) is 0 Å². The van der Waals surface area contributed by atoms with Crippen LogP contribution >= 0.6 is 11.3 Å². The van der Waals surface area contributed by atoms with E-state index in [0.717, 1.165) is 25.9 Å². The summed E-state index contributed by atoms with van der Waals surface area (Å²) in [5, 5.41) is 11.5. The minimum atomic E-state index is 0.0458. The van der Waals surface area contributed by atoms with E-state index in [1.54, 1.807) is 0 Å². The Morgan fingerprint density at radius 3 is 2.75 bits per heavy atom. The topological polar surface area (TPSA) is 23.5 Å².